The SMILES string of the molecule is CC(=O)N(c1cc(F)cc(Cl)c1)c1cc(NC(=O)Cc2ccc(F)cc2Cl)ccn1. The molecule has 1 aromatic heterocycles. The van der Waals surface area contributed by atoms with Gasteiger partial charge in [0.2, 0.25) is 11.8 Å². The molecule has 2 amide bonds. The van der Waals surface area contributed by atoms with Crippen LogP contribution in [0.4, 0.5) is 26.0 Å². The van der Waals surface area contributed by atoms with Crippen molar-refractivity contribution >= 4 is 52.2 Å². The van der Waals surface area contributed by atoms with Gasteiger partial charge in [0.1, 0.15) is 17.5 Å². The molecular weight excluding hydrogens is 435 g/mol. The number of nitrogens with one attached hydrogen (secondary N) is 1. The zero-order chi connectivity index (χ0) is 21.8. The van der Waals surface area contributed by atoms with Gasteiger partial charge in [-0.15, -0.1) is 0 Å². The normalized spacial score (nSPS) is 10.6. The van der Waals surface area contributed by atoms with Gasteiger partial charge in [-0.25, -0.2) is 13.8 Å². The first-order chi connectivity index (χ1) is 14.2. The highest BCUT2D eigenvalue weighted by molar-refractivity contribution is 6.31. The summed E-state index contributed by atoms with van der Waals surface area (Å²) in [4.78, 5) is 29.9. The number of aromatic nitrogens is 1. The van der Waals surface area contributed by atoms with Gasteiger partial charge in [-0.1, -0.05) is 29.3 Å². The fourth-order valence-electron chi connectivity index (χ4n) is 2.81. The van der Waals surface area contributed by atoms with Crippen molar-refractivity contribution in [3.63, 3.8) is 0 Å². The van der Waals surface area contributed by atoms with Gasteiger partial charge in [-0.05, 0) is 42.0 Å². The van der Waals surface area contributed by atoms with Crippen LogP contribution in [0.25, 0.3) is 0 Å². The van der Waals surface area contributed by atoms with Gasteiger partial charge in [0.15, 0.2) is 0 Å². The molecule has 154 valence electrons. The first-order valence-electron chi connectivity index (χ1n) is 8.69. The molecular formula is C21H15Cl2F2N3O2. The molecule has 0 unspecified atom stereocenters. The van der Waals surface area contributed by atoms with Crippen LogP contribution in [-0.4, -0.2) is 16.8 Å². The number of benzene rings is 2. The Kier molecular flexibility index (Phi) is 6.64. The Morgan fingerprint density at radius 3 is 2.47 bits per heavy atom. The standard InChI is InChI=1S/C21H15Cl2F2N3O2/c1-12(29)28(18-8-14(22)7-16(25)9-18)20-11-17(4-5-26-20)27-21(30)6-13-2-3-15(24)10-19(13)23/h2-5,7-11H,6H2,1H3,(H,26,27,30). The number of rotatable bonds is 5. The number of amides is 2. The quantitative estimate of drug-likeness (QED) is 0.556. The first kappa shape index (κ1) is 21.7. The fourth-order valence-corrected chi connectivity index (χ4v) is 3.26. The van der Waals surface area contributed by atoms with Crippen LogP contribution in [0.5, 0.6) is 0 Å². The summed E-state index contributed by atoms with van der Waals surface area (Å²) in [5, 5.41) is 2.94. The van der Waals surface area contributed by atoms with E-state index >= 15 is 0 Å². The highest BCUT2D eigenvalue weighted by Crippen LogP contribution is 2.29. The Morgan fingerprint density at radius 2 is 1.80 bits per heavy atom. The van der Waals surface area contributed by atoms with Crippen LogP contribution in [-0.2, 0) is 16.0 Å². The molecule has 0 spiro atoms. The summed E-state index contributed by atoms with van der Waals surface area (Å²) in [5.74, 6) is -1.76. The molecule has 3 rings (SSSR count). The van der Waals surface area contributed by atoms with Crippen LogP contribution in [0, 0.1) is 11.6 Å². The number of carbonyl (C=O) groups excluding carboxylic acids is 2. The van der Waals surface area contributed by atoms with E-state index in [4.69, 9.17) is 23.2 Å². The van der Waals surface area contributed by atoms with Crippen molar-refractivity contribution in [1.82, 2.24) is 4.98 Å². The second-order valence-corrected chi connectivity index (χ2v) is 7.19. The van der Waals surface area contributed by atoms with Gasteiger partial charge in [-0.2, -0.15) is 0 Å². The first-order valence-corrected chi connectivity index (χ1v) is 9.45. The highest BCUT2D eigenvalue weighted by Gasteiger charge is 2.18. The number of nitrogens with zero attached hydrogens (tertiary/aromatic N) is 2. The lowest BCUT2D eigenvalue weighted by Gasteiger charge is -2.21. The summed E-state index contributed by atoms with van der Waals surface area (Å²) in [6.45, 7) is 1.29. The van der Waals surface area contributed by atoms with Crippen LogP contribution >= 0.6 is 23.2 Å². The van der Waals surface area contributed by atoms with Gasteiger partial charge in [0, 0.05) is 34.9 Å². The molecule has 0 aliphatic carbocycles. The molecule has 0 bridgehead atoms. The molecule has 5 nitrogen and oxygen atoms in total. The van der Waals surface area contributed by atoms with E-state index < -0.39 is 23.4 Å². The van der Waals surface area contributed by atoms with E-state index in [0.717, 1.165) is 18.2 Å². The minimum atomic E-state index is -0.607. The Balaban J connectivity index is 1.83. The third-order valence-corrected chi connectivity index (χ3v) is 4.61. The molecule has 0 aliphatic heterocycles. The summed E-state index contributed by atoms with van der Waals surface area (Å²) >= 11 is 11.9. The molecule has 0 radical (unpaired) electrons. The van der Waals surface area contributed by atoms with Crippen molar-refractivity contribution < 1.29 is 18.4 Å². The van der Waals surface area contributed by atoms with Gasteiger partial charge in [0.05, 0.1) is 12.1 Å². The summed E-state index contributed by atoms with van der Waals surface area (Å²) in [5.41, 5.74) is 1.02. The minimum absolute atomic E-state index is 0.0767. The average molecular weight is 450 g/mol. The summed E-state index contributed by atoms with van der Waals surface area (Å²) in [6.07, 6.45) is 1.32. The van der Waals surface area contributed by atoms with Crippen molar-refractivity contribution in [1.29, 1.82) is 0 Å². The zero-order valence-corrected chi connectivity index (χ0v) is 17.1. The molecule has 9 heteroatoms. The van der Waals surface area contributed by atoms with Crippen molar-refractivity contribution in [3.8, 4) is 0 Å². The number of carbonyl (C=O) groups is 2. The van der Waals surface area contributed by atoms with Crippen molar-refractivity contribution in [3.05, 3.63) is 82.0 Å². The lowest BCUT2D eigenvalue weighted by molar-refractivity contribution is -0.116. The number of halogens is 4. The van der Waals surface area contributed by atoms with Gasteiger partial charge < -0.3 is 5.32 Å². The van der Waals surface area contributed by atoms with Crippen LogP contribution in [0.15, 0.2) is 54.7 Å². The highest BCUT2D eigenvalue weighted by atomic mass is 35.5. The van der Waals surface area contributed by atoms with E-state index in [-0.39, 0.29) is 28.0 Å². The van der Waals surface area contributed by atoms with E-state index in [2.05, 4.69) is 10.3 Å². The summed E-state index contributed by atoms with van der Waals surface area (Å²) < 4.78 is 26.9. The number of pyridine rings is 1. The number of hydrogen-bond donors (Lipinski definition) is 1. The predicted molar refractivity (Wildman–Crippen MR) is 112 cm³/mol. The van der Waals surface area contributed by atoms with E-state index in [9.17, 15) is 18.4 Å². The second kappa shape index (κ2) is 9.19. The Labute approximate surface area is 181 Å². The third-order valence-electron chi connectivity index (χ3n) is 4.04. The third kappa shape index (κ3) is 5.31. The molecule has 1 N–H and O–H groups in total. The molecule has 3 aromatic rings. The van der Waals surface area contributed by atoms with Gasteiger partial charge in [-0.3, -0.25) is 14.5 Å². The summed E-state index contributed by atoms with van der Waals surface area (Å²) in [6, 6.07) is 10.5. The maximum Gasteiger partial charge on any atom is 0.229 e. The lowest BCUT2D eigenvalue weighted by Crippen LogP contribution is -2.24. The number of hydrogen-bond acceptors (Lipinski definition) is 3. The maximum atomic E-state index is 13.7. The maximum absolute atomic E-state index is 13.7. The molecule has 0 aliphatic rings. The van der Waals surface area contributed by atoms with E-state index in [0.29, 0.717) is 11.3 Å². The molecule has 0 atom stereocenters. The number of anilines is 3. The fraction of sp³-hybridized carbons (Fsp3) is 0.0952. The Hall–Kier alpha value is -3.03. The van der Waals surface area contributed by atoms with Crippen LogP contribution in [0.1, 0.15) is 12.5 Å². The zero-order valence-electron chi connectivity index (χ0n) is 15.6. The van der Waals surface area contributed by atoms with E-state index in [1.54, 1.807) is 0 Å². The summed E-state index contributed by atoms with van der Waals surface area (Å²) in [7, 11) is 0. The second-order valence-electron chi connectivity index (χ2n) is 6.35. The van der Waals surface area contributed by atoms with Crippen molar-refractivity contribution in [2.45, 2.75) is 13.3 Å². The molecule has 0 saturated carbocycles. The lowest BCUT2D eigenvalue weighted by atomic mass is 10.1. The predicted octanol–water partition coefficient (Wildman–Crippen LogP) is 5.53. The minimum Gasteiger partial charge on any atom is -0.326 e. The van der Waals surface area contributed by atoms with Gasteiger partial charge in [0.25, 0.3) is 0 Å². The van der Waals surface area contributed by atoms with Crippen LogP contribution in [0.3, 0.4) is 0 Å². The van der Waals surface area contributed by atoms with Crippen molar-refractivity contribution in [2.75, 3.05) is 10.2 Å². The molecule has 2 aromatic carbocycles. The smallest absolute Gasteiger partial charge is 0.229 e. The van der Waals surface area contributed by atoms with Crippen LogP contribution < -0.4 is 10.2 Å². The van der Waals surface area contributed by atoms with Gasteiger partial charge >= 0.3 is 0 Å². The molecule has 0 fully saturated rings. The molecule has 0 saturated heterocycles. The largest absolute Gasteiger partial charge is 0.326 e. The van der Waals surface area contributed by atoms with E-state index in [1.165, 1.54) is 48.4 Å². The monoisotopic (exact) mass is 449 g/mol. The molecule has 1 heterocycles. The molecule has 30 heavy (non-hydrogen) atoms. The topological polar surface area (TPSA) is 62.3 Å². The Bertz CT molecular complexity index is 1100. The van der Waals surface area contributed by atoms with Crippen LogP contribution in [0.2, 0.25) is 10.0 Å². The Morgan fingerprint density at radius 1 is 1.03 bits per heavy atom. The average Bonchev–Trinajstić information content (AvgIpc) is 2.63. The van der Waals surface area contributed by atoms with Crippen molar-refractivity contribution in [2.24, 2.45) is 0 Å². The van der Waals surface area contributed by atoms with E-state index in [1.807, 2.05) is 0 Å².